The van der Waals surface area contributed by atoms with E-state index in [1.165, 1.54) is 38.4 Å². The van der Waals surface area contributed by atoms with Crippen molar-refractivity contribution in [3.63, 3.8) is 0 Å². The molecule has 0 aliphatic heterocycles. The van der Waals surface area contributed by atoms with Crippen LogP contribution in [-0.2, 0) is 10.0 Å². The minimum absolute atomic E-state index is 0.143. The third kappa shape index (κ3) is 3.53. The van der Waals surface area contributed by atoms with Crippen molar-refractivity contribution >= 4 is 27.3 Å². The van der Waals surface area contributed by atoms with Gasteiger partial charge in [-0.3, -0.25) is 10.8 Å². The van der Waals surface area contributed by atoms with Crippen molar-refractivity contribution in [3.05, 3.63) is 24.3 Å². The second-order valence-corrected chi connectivity index (χ2v) is 6.06. The van der Waals surface area contributed by atoms with Crippen LogP contribution in [0.1, 0.15) is 0 Å². The molecule has 20 heavy (non-hydrogen) atoms. The number of benzene rings is 1. The molecule has 0 unspecified atom stereocenters. The Balaban J connectivity index is 2.95. The van der Waals surface area contributed by atoms with E-state index < -0.39 is 15.9 Å². The second-order valence-electron chi connectivity index (χ2n) is 3.91. The van der Waals surface area contributed by atoms with E-state index in [1.807, 2.05) is 0 Å². The van der Waals surface area contributed by atoms with Crippen molar-refractivity contribution in [2.75, 3.05) is 19.5 Å². The van der Waals surface area contributed by atoms with Crippen LogP contribution in [0.5, 0.6) is 0 Å². The Labute approximate surface area is 117 Å². The molecule has 0 amide bonds. The summed E-state index contributed by atoms with van der Waals surface area (Å²) >= 11 is 0. The lowest BCUT2D eigenvalue weighted by atomic mass is 10.3. The highest BCUT2D eigenvalue weighted by Gasteiger charge is 2.16. The summed E-state index contributed by atoms with van der Waals surface area (Å²) in [4.78, 5) is 0.143. The smallest absolute Gasteiger partial charge is 0.242 e. The van der Waals surface area contributed by atoms with Crippen LogP contribution in [0, 0.1) is 16.7 Å². The Hall–Kier alpha value is -2.44. The van der Waals surface area contributed by atoms with Crippen molar-refractivity contribution in [1.29, 1.82) is 10.7 Å². The van der Waals surface area contributed by atoms with Gasteiger partial charge in [0.15, 0.2) is 5.84 Å². The number of amidine groups is 1. The van der Waals surface area contributed by atoms with Crippen LogP contribution in [0.15, 0.2) is 34.3 Å². The molecule has 0 radical (unpaired) electrons. The van der Waals surface area contributed by atoms with Gasteiger partial charge in [0.2, 0.25) is 15.7 Å². The van der Waals surface area contributed by atoms with Gasteiger partial charge < -0.3 is 5.73 Å². The topological polar surface area (TPSA) is 135 Å². The zero-order valence-electron chi connectivity index (χ0n) is 11.0. The summed E-state index contributed by atoms with van der Waals surface area (Å²) in [5.41, 5.74) is 7.87. The molecule has 8 nitrogen and oxygen atoms in total. The molecule has 1 rings (SSSR count). The summed E-state index contributed by atoms with van der Waals surface area (Å²) in [5, 5.41) is 19.4. The lowest BCUT2D eigenvalue weighted by Crippen LogP contribution is -2.22. The van der Waals surface area contributed by atoms with Gasteiger partial charge in [0.1, 0.15) is 6.07 Å². The highest BCUT2D eigenvalue weighted by atomic mass is 32.2. The van der Waals surface area contributed by atoms with E-state index in [2.05, 4.69) is 10.5 Å². The van der Waals surface area contributed by atoms with E-state index in [-0.39, 0.29) is 10.6 Å². The van der Waals surface area contributed by atoms with Gasteiger partial charge in [0, 0.05) is 14.1 Å². The molecule has 0 bridgehead atoms. The van der Waals surface area contributed by atoms with Crippen LogP contribution in [0.3, 0.4) is 0 Å². The van der Waals surface area contributed by atoms with E-state index in [1.54, 1.807) is 6.07 Å². The molecule has 0 fully saturated rings. The lowest BCUT2D eigenvalue weighted by Gasteiger charge is -2.11. The fourth-order valence-corrected chi connectivity index (χ4v) is 2.08. The highest BCUT2D eigenvalue weighted by molar-refractivity contribution is 7.89. The molecule has 1 aromatic carbocycles. The van der Waals surface area contributed by atoms with Gasteiger partial charge in [0.25, 0.3) is 0 Å². The van der Waals surface area contributed by atoms with E-state index in [9.17, 15) is 8.42 Å². The quantitative estimate of drug-likeness (QED) is 0.404. The van der Waals surface area contributed by atoms with Gasteiger partial charge in [-0.2, -0.15) is 10.4 Å². The fraction of sp³-hybridized carbons (Fsp3) is 0.182. The summed E-state index contributed by atoms with van der Waals surface area (Å²) in [6, 6.07) is 7.47. The number of hydrogen-bond acceptors (Lipinski definition) is 6. The molecule has 0 aromatic heterocycles. The van der Waals surface area contributed by atoms with Crippen LogP contribution >= 0.6 is 0 Å². The first-order valence-electron chi connectivity index (χ1n) is 5.40. The normalized spacial score (nSPS) is 12.0. The van der Waals surface area contributed by atoms with E-state index >= 15 is 0 Å². The highest BCUT2D eigenvalue weighted by Crippen LogP contribution is 2.16. The summed E-state index contributed by atoms with van der Waals surface area (Å²) in [6.45, 7) is 0. The van der Waals surface area contributed by atoms with Crippen molar-refractivity contribution in [3.8, 4) is 6.07 Å². The molecule has 0 aliphatic carbocycles. The van der Waals surface area contributed by atoms with Crippen molar-refractivity contribution in [2.45, 2.75) is 4.90 Å². The molecular formula is C11H14N6O2S. The van der Waals surface area contributed by atoms with Crippen LogP contribution in [0.4, 0.5) is 5.69 Å². The number of nitriles is 1. The summed E-state index contributed by atoms with van der Waals surface area (Å²) in [5.74, 6) is -0.452. The van der Waals surface area contributed by atoms with Gasteiger partial charge in [-0.05, 0) is 24.3 Å². The number of anilines is 1. The second kappa shape index (κ2) is 6.14. The van der Waals surface area contributed by atoms with Crippen molar-refractivity contribution < 1.29 is 8.42 Å². The van der Waals surface area contributed by atoms with Crippen molar-refractivity contribution in [1.82, 2.24) is 4.31 Å². The monoisotopic (exact) mass is 294 g/mol. The standard InChI is InChI=1S/C11H14N6O2S/c1-17(2)20(18,19)9-5-3-8(4-6-9)15-16-10(7-12)11(13)14/h3-6,15H,1-2H3,(H3,13,14)/b16-10+. The predicted octanol–water partition coefficient (Wildman–Crippen LogP) is 0.164. The molecule has 9 heteroatoms. The van der Waals surface area contributed by atoms with Crippen LogP contribution in [0.25, 0.3) is 0 Å². The number of hydrogen-bond donors (Lipinski definition) is 3. The molecule has 0 spiro atoms. The molecule has 0 aliphatic rings. The third-order valence-corrected chi connectivity index (χ3v) is 4.12. The summed E-state index contributed by atoms with van der Waals surface area (Å²) in [7, 11) is -0.595. The van der Waals surface area contributed by atoms with Crippen molar-refractivity contribution in [2.24, 2.45) is 10.8 Å². The molecule has 0 saturated carbocycles. The Morgan fingerprint density at radius 1 is 1.40 bits per heavy atom. The average Bonchev–Trinajstić information content (AvgIpc) is 2.39. The molecule has 106 valence electrons. The first kappa shape index (κ1) is 15.6. The predicted molar refractivity (Wildman–Crippen MR) is 75.9 cm³/mol. The zero-order chi connectivity index (χ0) is 15.3. The van der Waals surface area contributed by atoms with Gasteiger partial charge in [-0.1, -0.05) is 0 Å². The average molecular weight is 294 g/mol. The molecule has 0 heterocycles. The number of sulfonamides is 1. The van der Waals surface area contributed by atoms with E-state index in [0.717, 1.165) is 4.31 Å². The Bertz CT molecular complexity index is 670. The molecule has 0 atom stereocenters. The van der Waals surface area contributed by atoms with E-state index in [4.69, 9.17) is 16.4 Å². The number of hydrazone groups is 1. The van der Waals surface area contributed by atoms with Crippen LogP contribution in [-0.4, -0.2) is 38.4 Å². The van der Waals surface area contributed by atoms with Crippen LogP contribution in [0.2, 0.25) is 0 Å². The minimum atomic E-state index is -3.48. The molecular weight excluding hydrogens is 280 g/mol. The maximum atomic E-state index is 11.8. The van der Waals surface area contributed by atoms with Gasteiger partial charge in [0.05, 0.1) is 10.6 Å². The Morgan fingerprint density at radius 3 is 2.35 bits per heavy atom. The maximum Gasteiger partial charge on any atom is 0.242 e. The summed E-state index contributed by atoms with van der Waals surface area (Å²) in [6.07, 6.45) is 0. The summed E-state index contributed by atoms with van der Waals surface area (Å²) < 4.78 is 24.8. The van der Waals surface area contributed by atoms with Crippen LogP contribution < -0.4 is 11.2 Å². The van der Waals surface area contributed by atoms with E-state index in [0.29, 0.717) is 5.69 Å². The van der Waals surface area contributed by atoms with Gasteiger partial charge in [-0.25, -0.2) is 12.7 Å². The number of nitrogens with one attached hydrogen (secondary N) is 2. The number of nitrogens with zero attached hydrogens (tertiary/aromatic N) is 3. The Morgan fingerprint density at radius 2 is 1.95 bits per heavy atom. The largest absolute Gasteiger partial charge is 0.382 e. The lowest BCUT2D eigenvalue weighted by molar-refractivity contribution is 0.521. The fourth-order valence-electron chi connectivity index (χ4n) is 1.18. The zero-order valence-corrected chi connectivity index (χ0v) is 11.8. The van der Waals surface area contributed by atoms with Gasteiger partial charge in [-0.15, -0.1) is 0 Å². The molecule has 1 aromatic rings. The Kier molecular flexibility index (Phi) is 4.79. The molecule has 0 saturated heterocycles. The first-order valence-corrected chi connectivity index (χ1v) is 6.84. The number of nitrogens with two attached hydrogens (primary N) is 1. The minimum Gasteiger partial charge on any atom is -0.382 e. The maximum absolute atomic E-state index is 11.8. The van der Waals surface area contributed by atoms with Gasteiger partial charge >= 0.3 is 0 Å². The first-order chi connectivity index (χ1) is 9.28. The molecule has 4 N–H and O–H groups in total. The number of rotatable bonds is 5. The third-order valence-electron chi connectivity index (χ3n) is 2.29. The SMILES string of the molecule is CN(C)S(=O)(=O)c1ccc(N/N=C(\C#N)C(=N)N)cc1.